The van der Waals surface area contributed by atoms with E-state index in [-0.39, 0.29) is 5.92 Å². The maximum absolute atomic E-state index is 10.0. The molecule has 0 saturated carbocycles. The van der Waals surface area contributed by atoms with Crippen LogP contribution in [0.4, 0.5) is 0 Å². The minimum absolute atomic E-state index is 0.215. The van der Waals surface area contributed by atoms with E-state index < -0.39 is 0 Å². The standard InChI is InChI=1S/C15H19O/c1-5-7-12-9-14(11(3)4)10-13(8-6-2)15(12)16/h5-6,9-11,16H,1-3,7-8H2,4H3. The molecule has 0 spiro atoms. The summed E-state index contributed by atoms with van der Waals surface area (Å²) in [6.45, 7) is 13.5. The molecule has 0 aliphatic rings. The average molecular weight is 215 g/mol. The van der Waals surface area contributed by atoms with Gasteiger partial charge in [0.1, 0.15) is 5.75 Å². The summed E-state index contributed by atoms with van der Waals surface area (Å²) in [6.07, 6.45) is 4.95. The average Bonchev–Trinajstić information content (AvgIpc) is 2.24. The Balaban J connectivity index is 3.25. The Kier molecular flexibility index (Phi) is 4.36. The second-order valence-corrected chi connectivity index (χ2v) is 4.07. The lowest BCUT2D eigenvalue weighted by atomic mass is 9.94. The van der Waals surface area contributed by atoms with Gasteiger partial charge in [-0.3, -0.25) is 0 Å². The van der Waals surface area contributed by atoms with Gasteiger partial charge in [0.05, 0.1) is 0 Å². The number of phenols is 1. The molecule has 0 bridgehead atoms. The molecule has 0 aromatic heterocycles. The fourth-order valence-corrected chi connectivity index (χ4v) is 1.69. The van der Waals surface area contributed by atoms with Gasteiger partial charge in [-0.25, -0.2) is 0 Å². The fraction of sp³-hybridized carbons (Fsp3) is 0.267. The maximum Gasteiger partial charge on any atom is 0.122 e. The number of hydrogen-bond donors (Lipinski definition) is 1. The van der Waals surface area contributed by atoms with Crippen LogP contribution in [0, 0.1) is 6.92 Å². The highest BCUT2D eigenvalue weighted by atomic mass is 16.3. The molecule has 1 N–H and O–H groups in total. The lowest BCUT2D eigenvalue weighted by Gasteiger charge is -2.13. The summed E-state index contributed by atoms with van der Waals surface area (Å²) in [5, 5.41) is 10.0. The van der Waals surface area contributed by atoms with E-state index in [2.05, 4.69) is 20.1 Å². The molecule has 1 unspecified atom stereocenters. The van der Waals surface area contributed by atoms with E-state index in [1.807, 2.05) is 19.1 Å². The van der Waals surface area contributed by atoms with Gasteiger partial charge >= 0.3 is 0 Å². The Hall–Kier alpha value is -1.50. The zero-order valence-corrected chi connectivity index (χ0v) is 9.87. The molecule has 0 heterocycles. The van der Waals surface area contributed by atoms with E-state index in [0.717, 1.165) is 16.7 Å². The molecule has 1 heteroatoms. The van der Waals surface area contributed by atoms with Crippen molar-refractivity contribution in [3.8, 4) is 5.75 Å². The third-order valence-electron chi connectivity index (χ3n) is 2.59. The van der Waals surface area contributed by atoms with Gasteiger partial charge in [-0.05, 0) is 42.4 Å². The molecule has 1 nitrogen and oxygen atoms in total. The minimum atomic E-state index is 0.215. The molecule has 85 valence electrons. The van der Waals surface area contributed by atoms with Gasteiger partial charge in [-0.1, -0.05) is 31.2 Å². The fourth-order valence-electron chi connectivity index (χ4n) is 1.69. The van der Waals surface area contributed by atoms with E-state index in [0.29, 0.717) is 18.6 Å². The van der Waals surface area contributed by atoms with Crippen LogP contribution in [-0.2, 0) is 12.8 Å². The Morgan fingerprint density at radius 3 is 1.94 bits per heavy atom. The number of aromatic hydroxyl groups is 1. The normalized spacial score (nSPS) is 10.4. The van der Waals surface area contributed by atoms with Crippen LogP contribution in [0.3, 0.4) is 0 Å². The summed E-state index contributed by atoms with van der Waals surface area (Å²) < 4.78 is 0. The van der Waals surface area contributed by atoms with Gasteiger partial charge in [0.2, 0.25) is 0 Å². The molecule has 1 radical (unpaired) electrons. The number of allylic oxidation sites excluding steroid dienone is 2. The van der Waals surface area contributed by atoms with Gasteiger partial charge < -0.3 is 5.11 Å². The quantitative estimate of drug-likeness (QED) is 0.741. The second kappa shape index (κ2) is 5.55. The predicted molar refractivity (Wildman–Crippen MR) is 69.7 cm³/mol. The van der Waals surface area contributed by atoms with Gasteiger partial charge in [0, 0.05) is 0 Å². The van der Waals surface area contributed by atoms with Crippen LogP contribution in [0.5, 0.6) is 5.75 Å². The van der Waals surface area contributed by atoms with Gasteiger partial charge in [0.25, 0.3) is 0 Å². The number of benzene rings is 1. The zero-order valence-electron chi connectivity index (χ0n) is 9.87. The third kappa shape index (κ3) is 2.75. The summed E-state index contributed by atoms with van der Waals surface area (Å²) in [5.41, 5.74) is 2.98. The van der Waals surface area contributed by atoms with E-state index >= 15 is 0 Å². The highest BCUT2D eigenvalue weighted by Gasteiger charge is 2.10. The molecule has 1 rings (SSSR count). The number of rotatable bonds is 5. The van der Waals surface area contributed by atoms with Crippen molar-refractivity contribution in [1.29, 1.82) is 0 Å². The first-order chi connectivity index (χ1) is 7.60. The van der Waals surface area contributed by atoms with Crippen molar-refractivity contribution < 1.29 is 5.11 Å². The molecule has 1 atom stereocenters. The van der Waals surface area contributed by atoms with Gasteiger partial charge in [0.15, 0.2) is 0 Å². The molecule has 0 aliphatic heterocycles. The highest BCUT2D eigenvalue weighted by Crippen LogP contribution is 2.29. The molecule has 1 aromatic rings. The van der Waals surface area contributed by atoms with Crippen LogP contribution in [0.1, 0.15) is 29.5 Å². The van der Waals surface area contributed by atoms with Gasteiger partial charge in [-0.15, -0.1) is 13.2 Å². The van der Waals surface area contributed by atoms with Gasteiger partial charge in [-0.2, -0.15) is 0 Å². The highest BCUT2D eigenvalue weighted by molar-refractivity contribution is 5.46. The van der Waals surface area contributed by atoms with E-state index in [1.165, 1.54) is 0 Å². The molecule has 0 saturated heterocycles. The first kappa shape index (κ1) is 12.6. The Labute approximate surface area is 98.1 Å². The lowest BCUT2D eigenvalue weighted by Crippen LogP contribution is -1.96. The lowest BCUT2D eigenvalue weighted by molar-refractivity contribution is 0.463. The van der Waals surface area contributed by atoms with Crippen LogP contribution in [0.2, 0.25) is 0 Å². The van der Waals surface area contributed by atoms with Crippen molar-refractivity contribution in [2.24, 2.45) is 0 Å². The SMILES string of the molecule is [CH2]C(C)c1cc(CC=C)c(O)c(CC=C)c1. The Bertz CT molecular complexity index is 357. The molecular weight excluding hydrogens is 196 g/mol. The minimum Gasteiger partial charge on any atom is -0.507 e. The third-order valence-corrected chi connectivity index (χ3v) is 2.59. The summed E-state index contributed by atoms with van der Waals surface area (Å²) in [6, 6.07) is 4.00. The smallest absolute Gasteiger partial charge is 0.122 e. The number of hydrogen-bond acceptors (Lipinski definition) is 1. The van der Waals surface area contributed by atoms with Crippen molar-refractivity contribution in [1.82, 2.24) is 0 Å². The van der Waals surface area contributed by atoms with Crippen molar-refractivity contribution in [3.63, 3.8) is 0 Å². The molecule has 0 aliphatic carbocycles. The monoisotopic (exact) mass is 215 g/mol. The summed E-state index contributed by atoms with van der Waals surface area (Å²) in [4.78, 5) is 0. The van der Waals surface area contributed by atoms with Crippen molar-refractivity contribution in [3.05, 3.63) is 61.1 Å². The van der Waals surface area contributed by atoms with Crippen LogP contribution in [0.15, 0.2) is 37.4 Å². The van der Waals surface area contributed by atoms with Crippen LogP contribution >= 0.6 is 0 Å². The summed E-state index contributed by atoms with van der Waals surface area (Å²) >= 11 is 0. The summed E-state index contributed by atoms with van der Waals surface area (Å²) in [5.74, 6) is 0.580. The molecule has 1 aromatic carbocycles. The first-order valence-electron chi connectivity index (χ1n) is 5.49. The second-order valence-electron chi connectivity index (χ2n) is 4.07. The first-order valence-corrected chi connectivity index (χ1v) is 5.49. The Morgan fingerprint density at radius 1 is 1.19 bits per heavy atom. The molecule has 16 heavy (non-hydrogen) atoms. The molecular formula is C15H19O. The maximum atomic E-state index is 10.0. The van der Waals surface area contributed by atoms with Crippen LogP contribution < -0.4 is 0 Å². The number of phenolic OH excluding ortho intramolecular Hbond substituents is 1. The summed E-state index contributed by atoms with van der Waals surface area (Å²) in [7, 11) is 0. The van der Waals surface area contributed by atoms with E-state index in [1.54, 1.807) is 12.2 Å². The van der Waals surface area contributed by atoms with E-state index in [9.17, 15) is 5.11 Å². The topological polar surface area (TPSA) is 20.2 Å². The van der Waals surface area contributed by atoms with Crippen LogP contribution in [-0.4, -0.2) is 5.11 Å². The van der Waals surface area contributed by atoms with Crippen molar-refractivity contribution in [2.75, 3.05) is 0 Å². The van der Waals surface area contributed by atoms with E-state index in [4.69, 9.17) is 0 Å². The molecule has 0 amide bonds. The predicted octanol–water partition coefficient (Wildman–Crippen LogP) is 3.79. The zero-order chi connectivity index (χ0) is 12.1. The Morgan fingerprint density at radius 2 is 1.62 bits per heavy atom. The molecule has 0 fully saturated rings. The largest absolute Gasteiger partial charge is 0.507 e. The van der Waals surface area contributed by atoms with Crippen molar-refractivity contribution in [2.45, 2.75) is 25.7 Å². The van der Waals surface area contributed by atoms with Crippen LogP contribution in [0.25, 0.3) is 0 Å². The van der Waals surface area contributed by atoms with Crippen molar-refractivity contribution >= 4 is 0 Å².